The van der Waals surface area contributed by atoms with Crippen molar-refractivity contribution in [2.75, 3.05) is 10.6 Å². The maximum atomic E-state index is 12.7. The molecule has 2 aliphatic rings. The van der Waals surface area contributed by atoms with Crippen LogP contribution in [0.4, 0.5) is 11.4 Å². The fraction of sp³-hybridized carbons (Fsp3) is 0.250. The summed E-state index contributed by atoms with van der Waals surface area (Å²) in [4.78, 5) is 24.2. The third kappa shape index (κ3) is 3.13. The quantitative estimate of drug-likeness (QED) is 0.731. The Morgan fingerprint density at radius 3 is 2.89 bits per heavy atom. The fourth-order valence-corrected chi connectivity index (χ4v) is 3.41. The molecule has 2 N–H and O–H groups in total. The second-order valence-corrected chi connectivity index (χ2v) is 7.13. The van der Waals surface area contributed by atoms with Crippen LogP contribution < -0.4 is 10.6 Å². The molecule has 0 atom stereocenters. The lowest BCUT2D eigenvalue weighted by atomic mass is 10.00. The minimum Gasteiger partial charge on any atom is -0.326 e. The lowest BCUT2D eigenvalue weighted by Gasteiger charge is -2.17. The van der Waals surface area contributed by atoms with Gasteiger partial charge in [-0.25, -0.2) is 4.68 Å². The molecule has 1 saturated carbocycles. The molecule has 1 aliphatic carbocycles. The van der Waals surface area contributed by atoms with Crippen molar-refractivity contribution in [2.24, 2.45) is 0 Å². The number of benzene rings is 2. The Bertz CT molecular complexity index is 1090. The van der Waals surface area contributed by atoms with Crippen LogP contribution in [0.3, 0.4) is 0 Å². The smallest absolute Gasteiger partial charge is 0.255 e. The summed E-state index contributed by atoms with van der Waals surface area (Å²) in [5, 5.41) is 17.8. The molecule has 8 nitrogen and oxygen atoms in total. The lowest BCUT2D eigenvalue weighted by Crippen LogP contribution is -2.20. The van der Waals surface area contributed by atoms with E-state index in [4.69, 9.17) is 0 Å². The molecule has 1 fully saturated rings. The Morgan fingerprint density at radius 2 is 2.04 bits per heavy atom. The first-order valence-corrected chi connectivity index (χ1v) is 9.30. The van der Waals surface area contributed by atoms with Crippen molar-refractivity contribution in [3.63, 3.8) is 0 Å². The molecule has 0 bridgehead atoms. The van der Waals surface area contributed by atoms with Gasteiger partial charge in [0.1, 0.15) is 0 Å². The number of aromatic nitrogens is 4. The van der Waals surface area contributed by atoms with Crippen molar-refractivity contribution in [3.05, 3.63) is 53.6 Å². The van der Waals surface area contributed by atoms with Gasteiger partial charge in [-0.1, -0.05) is 12.1 Å². The SMILES string of the molecule is O=C1CCc2cc(C(=O)Nc3cccc(-c4nnnn4C4CC4)c3)ccc2N1. The van der Waals surface area contributed by atoms with Crippen LogP contribution in [0.15, 0.2) is 42.5 Å². The molecule has 0 saturated heterocycles. The van der Waals surface area contributed by atoms with Gasteiger partial charge in [0, 0.05) is 28.9 Å². The van der Waals surface area contributed by atoms with Crippen molar-refractivity contribution < 1.29 is 9.59 Å². The number of hydrogen-bond acceptors (Lipinski definition) is 5. The van der Waals surface area contributed by atoms with Gasteiger partial charge in [-0.15, -0.1) is 5.10 Å². The van der Waals surface area contributed by atoms with Gasteiger partial charge in [0.05, 0.1) is 6.04 Å². The summed E-state index contributed by atoms with van der Waals surface area (Å²) in [5.74, 6) is 0.525. The van der Waals surface area contributed by atoms with Crippen molar-refractivity contribution >= 4 is 23.2 Å². The number of anilines is 2. The van der Waals surface area contributed by atoms with Gasteiger partial charge in [-0.2, -0.15) is 0 Å². The molecule has 3 aromatic rings. The van der Waals surface area contributed by atoms with Crippen LogP contribution in [-0.4, -0.2) is 32.0 Å². The van der Waals surface area contributed by atoms with E-state index in [2.05, 4.69) is 26.2 Å². The minimum absolute atomic E-state index is 0.00931. The van der Waals surface area contributed by atoms with Crippen LogP contribution in [0.1, 0.15) is 41.2 Å². The molecular weight excluding hydrogens is 356 g/mol. The molecule has 2 amide bonds. The average Bonchev–Trinajstić information content (AvgIpc) is 3.44. The summed E-state index contributed by atoms with van der Waals surface area (Å²) in [6.45, 7) is 0. The maximum absolute atomic E-state index is 12.7. The molecule has 0 radical (unpaired) electrons. The van der Waals surface area contributed by atoms with Crippen molar-refractivity contribution in [3.8, 4) is 11.4 Å². The molecule has 0 spiro atoms. The van der Waals surface area contributed by atoms with Crippen LogP contribution in [0.25, 0.3) is 11.4 Å². The largest absolute Gasteiger partial charge is 0.326 e. The number of nitrogens with zero attached hydrogens (tertiary/aromatic N) is 4. The van der Waals surface area contributed by atoms with Crippen LogP contribution in [-0.2, 0) is 11.2 Å². The molecule has 140 valence electrons. The number of fused-ring (bicyclic) bond motifs is 1. The number of tetrazole rings is 1. The summed E-state index contributed by atoms with van der Waals surface area (Å²) in [5.41, 5.74) is 3.86. The first kappa shape index (κ1) is 16.6. The van der Waals surface area contributed by atoms with Gasteiger partial charge in [-0.3, -0.25) is 9.59 Å². The number of carbonyl (C=O) groups is 2. The van der Waals surface area contributed by atoms with E-state index in [0.717, 1.165) is 29.7 Å². The van der Waals surface area contributed by atoms with E-state index >= 15 is 0 Å². The summed E-state index contributed by atoms with van der Waals surface area (Å²) in [7, 11) is 0. The van der Waals surface area contributed by atoms with E-state index in [9.17, 15) is 9.59 Å². The highest BCUT2D eigenvalue weighted by atomic mass is 16.2. The Morgan fingerprint density at radius 1 is 1.14 bits per heavy atom. The Labute approximate surface area is 160 Å². The number of hydrogen-bond donors (Lipinski definition) is 2. The van der Waals surface area contributed by atoms with Crippen LogP contribution >= 0.6 is 0 Å². The number of aryl methyl sites for hydroxylation is 1. The number of rotatable bonds is 4. The molecule has 1 aliphatic heterocycles. The van der Waals surface area contributed by atoms with E-state index in [-0.39, 0.29) is 11.8 Å². The molecule has 2 aromatic carbocycles. The first-order chi connectivity index (χ1) is 13.7. The van der Waals surface area contributed by atoms with E-state index in [1.165, 1.54) is 0 Å². The topological polar surface area (TPSA) is 102 Å². The van der Waals surface area contributed by atoms with Gasteiger partial charge in [0.2, 0.25) is 5.91 Å². The summed E-state index contributed by atoms with van der Waals surface area (Å²) in [6, 6.07) is 13.2. The monoisotopic (exact) mass is 374 g/mol. The zero-order valence-electron chi connectivity index (χ0n) is 15.1. The van der Waals surface area contributed by atoms with Crippen LogP contribution in [0, 0.1) is 0 Å². The molecule has 8 heteroatoms. The first-order valence-electron chi connectivity index (χ1n) is 9.30. The summed E-state index contributed by atoms with van der Waals surface area (Å²) < 4.78 is 1.85. The van der Waals surface area contributed by atoms with Crippen molar-refractivity contribution in [2.45, 2.75) is 31.7 Å². The number of carbonyl (C=O) groups excluding carboxylic acids is 2. The highest BCUT2D eigenvalue weighted by molar-refractivity contribution is 6.05. The van der Waals surface area contributed by atoms with Crippen LogP contribution in [0.2, 0.25) is 0 Å². The van der Waals surface area contributed by atoms with E-state index in [0.29, 0.717) is 36.0 Å². The molecule has 0 unspecified atom stereocenters. The Kier molecular flexibility index (Phi) is 3.89. The van der Waals surface area contributed by atoms with Crippen molar-refractivity contribution in [1.82, 2.24) is 20.2 Å². The molecule has 5 rings (SSSR count). The van der Waals surface area contributed by atoms with Gasteiger partial charge in [-0.05, 0) is 65.6 Å². The minimum atomic E-state index is -0.196. The third-order valence-electron chi connectivity index (χ3n) is 5.03. The highest BCUT2D eigenvalue weighted by Crippen LogP contribution is 2.36. The zero-order valence-corrected chi connectivity index (χ0v) is 15.1. The molecule has 28 heavy (non-hydrogen) atoms. The highest BCUT2D eigenvalue weighted by Gasteiger charge is 2.28. The van der Waals surface area contributed by atoms with E-state index in [1.807, 2.05) is 35.0 Å². The van der Waals surface area contributed by atoms with Gasteiger partial charge in [0.15, 0.2) is 5.82 Å². The predicted octanol–water partition coefficient (Wildman–Crippen LogP) is 2.81. The lowest BCUT2D eigenvalue weighted by molar-refractivity contribution is -0.116. The normalized spacial score (nSPS) is 15.6. The number of nitrogens with one attached hydrogen (secondary N) is 2. The summed E-state index contributed by atoms with van der Waals surface area (Å²) >= 11 is 0. The van der Waals surface area contributed by atoms with E-state index in [1.54, 1.807) is 12.1 Å². The second kappa shape index (κ2) is 6.56. The van der Waals surface area contributed by atoms with Gasteiger partial charge < -0.3 is 10.6 Å². The standard InChI is InChI=1S/C20H18N6O2/c27-18-9-5-12-10-14(4-8-17(12)22-18)20(28)21-15-3-1-2-13(11-15)19-23-24-25-26(19)16-6-7-16/h1-4,8,10-11,16H,5-7,9H2,(H,21,28)(H,22,27). The summed E-state index contributed by atoms with van der Waals surface area (Å²) in [6.07, 6.45) is 3.26. The van der Waals surface area contributed by atoms with Crippen LogP contribution in [0.5, 0.6) is 0 Å². The predicted molar refractivity (Wildman–Crippen MR) is 103 cm³/mol. The Balaban J connectivity index is 1.37. The average molecular weight is 374 g/mol. The molecular formula is C20H18N6O2. The second-order valence-electron chi connectivity index (χ2n) is 7.13. The van der Waals surface area contributed by atoms with Gasteiger partial charge in [0.25, 0.3) is 5.91 Å². The number of amides is 2. The third-order valence-corrected chi connectivity index (χ3v) is 5.03. The van der Waals surface area contributed by atoms with Gasteiger partial charge >= 0.3 is 0 Å². The Hall–Kier alpha value is -3.55. The van der Waals surface area contributed by atoms with Crippen molar-refractivity contribution in [1.29, 1.82) is 0 Å². The fourth-order valence-electron chi connectivity index (χ4n) is 3.41. The molecule has 2 heterocycles. The van der Waals surface area contributed by atoms with E-state index < -0.39 is 0 Å². The maximum Gasteiger partial charge on any atom is 0.255 e. The zero-order chi connectivity index (χ0) is 19.1. The molecule has 1 aromatic heterocycles.